The van der Waals surface area contributed by atoms with Gasteiger partial charge in [-0.3, -0.25) is 4.98 Å². The average Bonchev–Trinajstić information content (AvgIpc) is 1.50. The van der Waals surface area contributed by atoms with E-state index in [-0.39, 0.29) is 0 Å². The molecular formula is C105H59N5. The van der Waals surface area contributed by atoms with E-state index in [1.54, 1.807) is 0 Å². The minimum Gasteiger partial charge on any atom is -0.309 e. The number of rotatable bonds is 8. The zero-order valence-corrected chi connectivity index (χ0v) is 59.3. The minimum absolute atomic E-state index is 0.692. The molecule has 0 unspecified atom stereocenters. The molecule has 0 atom stereocenters. The van der Waals surface area contributed by atoms with Crippen LogP contribution >= 0.6 is 0 Å². The van der Waals surface area contributed by atoms with Gasteiger partial charge in [-0.25, -0.2) is 0 Å². The molecule has 3 heterocycles. The Morgan fingerprint density at radius 3 is 1.05 bits per heavy atom. The molecule has 0 amide bonds. The second-order valence-electron chi connectivity index (χ2n) is 29.4. The molecule has 0 radical (unpaired) electrons. The monoisotopic (exact) mass is 1390 g/mol. The summed E-state index contributed by atoms with van der Waals surface area (Å²) in [7, 11) is 0. The van der Waals surface area contributed by atoms with Crippen LogP contribution in [0.15, 0.2) is 358 Å². The third-order valence-corrected chi connectivity index (χ3v) is 23.6. The predicted molar refractivity (Wildman–Crippen MR) is 461 cm³/mol. The third kappa shape index (κ3) is 9.10. The lowest BCUT2D eigenvalue weighted by molar-refractivity contribution is 1.18. The van der Waals surface area contributed by atoms with E-state index in [1.807, 2.05) is 24.4 Å². The molecule has 504 valence electrons. The maximum Gasteiger partial charge on any atom is 0.0998 e. The lowest BCUT2D eigenvalue weighted by Crippen LogP contribution is -1.93. The fourth-order valence-electron chi connectivity index (χ4n) is 18.8. The van der Waals surface area contributed by atoms with Crippen molar-refractivity contribution in [1.82, 2.24) is 14.1 Å². The summed E-state index contributed by atoms with van der Waals surface area (Å²) >= 11 is 0. The Labute approximate surface area is 631 Å². The number of pyridine rings is 1. The average molecular weight is 1390 g/mol. The lowest BCUT2D eigenvalue weighted by atomic mass is 9.87. The Bertz CT molecular complexity index is 7870. The highest BCUT2D eigenvalue weighted by atomic mass is 15.0. The van der Waals surface area contributed by atoms with Gasteiger partial charge in [0.25, 0.3) is 0 Å². The molecule has 21 aromatic carbocycles. The standard InChI is InChI=1S/C53H30N2.C52H29N3/c54-31-37-19-25-48-52-42(37)21-23-47-46(24-26-49(53(47)52)55(48)40-11-5-2-6-12-40)45-22-20-41(43-13-7-8-14-44(43)45)39-29-35-17-15-33-27-38(32-9-3-1-4-10-32)28-34-16-18-36(30-39)51(35)50(33)34;53-29-36-18-23-47-51-44(36)19-20-45-43(21-24-48(52(45)51)55(47)40-9-2-1-3-10-40)37-17-22-46(54-30-37)39-27-34-15-13-32-25-38(26-33-14-16-35(28-39)50(34)49(32)33)42-12-6-8-31-7-4-5-11-41(31)42/h1-30H;1-28,30H. The van der Waals surface area contributed by atoms with Gasteiger partial charge in [0.1, 0.15) is 0 Å². The molecule has 3 aromatic heterocycles. The predicted octanol–water partition coefficient (Wildman–Crippen LogP) is 28.0. The van der Waals surface area contributed by atoms with Crippen LogP contribution in [0.5, 0.6) is 0 Å². The van der Waals surface area contributed by atoms with E-state index >= 15 is 0 Å². The van der Waals surface area contributed by atoms with Crippen molar-refractivity contribution in [2.24, 2.45) is 0 Å². The number of nitrogens with zero attached hydrogens (tertiary/aromatic N) is 5. The SMILES string of the molecule is N#Cc1ccc2c3c1ccc1c(-c4ccc(-c5cc6ccc7cc(-c8cccc9ccccc89)cc8ccc(c5)c6c78)nc4)ccc(c13)n2-c1ccccc1.N#Cc1ccc2c3c1ccc1c(-c4ccc(-c5cc6ccc7cc(-c8ccccc8)cc8ccc(c5)c6c78)c5ccccc45)ccc(c13)n2-c1ccccc1. The summed E-state index contributed by atoms with van der Waals surface area (Å²) in [6.07, 6.45) is 2.01. The van der Waals surface area contributed by atoms with Crippen molar-refractivity contribution in [3.63, 3.8) is 0 Å². The molecule has 5 nitrogen and oxygen atoms in total. The van der Waals surface area contributed by atoms with Crippen molar-refractivity contribution in [2.75, 3.05) is 0 Å². The molecule has 5 heteroatoms. The number of aromatic nitrogens is 3. The Kier molecular flexibility index (Phi) is 13.2. The molecular weight excluding hydrogens is 1330 g/mol. The first-order valence-electron chi connectivity index (χ1n) is 37.5. The number of benzene rings is 21. The summed E-state index contributed by atoms with van der Waals surface area (Å²) in [6, 6.07) is 132. The van der Waals surface area contributed by atoms with Gasteiger partial charge in [-0.05, 0) is 262 Å². The van der Waals surface area contributed by atoms with Gasteiger partial charge in [0.2, 0.25) is 0 Å². The van der Waals surface area contributed by atoms with Crippen molar-refractivity contribution in [3.05, 3.63) is 369 Å². The Morgan fingerprint density at radius 1 is 0.209 bits per heavy atom. The highest BCUT2D eigenvalue weighted by Crippen LogP contribution is 2.50. The summed E-state index contributed by atoms with van der Waals surface area (Å²) < 4.78 is 4.65. The Hall–Kier alpha value is -15.0. The summed E-state index contributed by atoms with van der Waals surface area (Å²) in [6.45, 7) is 0. The molecule has 110 heavy (non-hydrogen) atoms. The molecule has 0 saturated heterocycles. The van der Waals surface area contributed by atoms with E-state index in [2.05, 4.69) is 355 Å². The summed E-state index contributed by atoms with van der Waals surface area (Å²) in [4.78, 5) is 5.07. The van der Waals surface area contributed by atoms with Gasteiger partial charge in [-0.1, -0.05) is 237 Å². The first-order chi connectivity index (χ1) is 54.4. The van der Waals surface area contributed by atoms with Crippen molar-refractivity contribution < 1.29 is 0 Å². The van der Waals surface area contributed by atoms with Crippen LogP contribution in [0.1, 0.15) is 11.1 Å². The second-order valence-corrected chi connectivity index (χ2v) is 29.4. The molecule has 0 aliphatic heterocycles. The molecule has 0 N–H and O–H groups in total. The van der Waals surface area contributed by atoms with Gasteiger partial charge in [-0.2, -0.15) is 10.5 Å². The van der Waals surface area contributed by atoms with Crippen LogP contribution in [0.4, 0.5) is 0 Å². The van der Waals surface area contributed by atoms with Crippen LogP contribution in [0.2, 0.25) is 0 Å². The zero-order valence-electron chi connectivity index (χ0n) is 59.3. The molecule has 24 aromatic rings. The van der Waals surface area contributed by atoms with E-state index in [0.29, 0.717) is 11.1 Å². The van der Waals surface area contributed by atoms with E-state index in [1.165, 1.54) is 147 Å². The summed E-state index contributed by atoms with van der Waals surface area (Å²) in [5, 5.41) is 49.3. The van der Waals surface area contributed by atoms with Gasteiger partial charge < -0.3 is 9.13 Å². The first kappa shape index (κ1) is 61.3. The van der Waals surface area contributed by atoms with Gasteiger partial charge in [0.05, 0.1) is 51.0 Å². The smallest absolute Gasteiger partial charge is 0.0998 e. The topological polar surface area (TPSA) is 70.3 Å². The molecule has 0 aliphatic rings. The summed E-state index contributed by atoms with van der Waals surface area (Å²) in [5.41, 5.74) is 22.2. The van der Waals surface area contributed by atoms with Crippen molar-refractivity contribution in [2.45, 2.75) is 0 Å². The zero-order chi connectivity index (χ0) is 72.4. The Morgan fingerprint density at radius 2 is 0.564 bits per heavy atom. The quantitative estimate of drug-likeness (QED) is 0.142. The molecule has 0 fully saturated rings. The van der Waals surface area contributed by atoms with Crippen LogP contribution in [0, 0.1) is 22.7 Å². The minimum atomic E-state index is 0.692. The normalized spacial score (nSPS) is 12.0. The highest BCUT2D eigenvalue weighted by Gasteiger charge is 2.25. The molecule has 0 aliphatic carbocycles. The first-order valence-corrected chi connectivity index (χ1v) is 37.5. The van der Waals surface area contributed by atoms with E-state index in [9.17, 15) is 10.5 Å². The molecule has 0 saturated carbocycles. The van der Waals surface area contributed by atoms with Gasteiger partial charge in [-0.15, -0.1) is 0 Å². The maximum absolute atomic E-state index is 10.1. The maximum atomic E-state index is 10.1. The number of hydrogen-bond donors (Lipinski definition) is 0. The number of nitriles is 2. The lowest BCUT2D eigenvalue weighted by Gasteiger charge is -2.17. The fourth-order valence-corrected chi connectivity index (χ4v) is 18.8. The van der Waals surface area contributed by atoms with Crippen molar-refractivity contribution in [3.8, 4) is 90.4 Å². The molecule has 0 bridgehead atoms. The number of hydrogen-bond acceptors (Lipinski definition) is 3. The van der Waals surface area contributed by atoms with Crippen LogP contribution in [-0.2, 0) is 0 Å². The van der Waals surface area contributed by atoms with Crippen LogP contribution in [-0.4, -0.2) is 14.1 Å². The van der Waals surface area contributed by atoms with Gasteiger partial charge in [0, 0.05) is 61.0 Å². The number of fused-ring (bicyclic) bond motifs is 2. The molecule has 0 spiro atoms. The van der Waals surface area contributed by atoms with Gasteiger partial charge in [0.15, 0.2) is 0 Å². The largest absolute Gasteiger partial charge is 0.309 e. The summed E-state index contributed by atoms with van der Waals surface area (Å²) in [5.74, 6) is 0. The van der Waals surface area contributed by atoms with Crippen LogP contribution in [0.3, 0.4) is 0 Å². The van der Waals surface area contributed by atoms with Crippen LogP contribution < -0.4 is 0 Å². The third-order valence-electron chi connectivity index (χ3n) is 23.6. The number of para-hydroxylation sites is 2. The fraction of sp³-hybridized carbons (Fsp3) is 0. The van der Waals surface area contributed by atoms with E-state index < -0.39 is 0 Å². The van der Waals surface area contributed by atoms with Crippen LogP contribution in [0.25, 0.3) is 230 Å². The van der Waals surface area contributed by atoms with E-state index in [0.717, 1.165) is 82.8 Å². The van der Waals surface area contributed by atoms with Crippen molar-refractivity contribution in [1.29, 1.82) is 10.5 Å². The highest BCUT2D eigenvalue weighted by molar-refractivity contribution is 6.31. The second kappa shape index (κ2) is 23.7. The van der Waals surface area contributed by atoms with Gasteiger partial charge >= 0.3 is 0 Å². The molecule has 24 rings (SSSR count). The van der Waals surface area contributed by atoms with E-state index in [4.69, 9.17) is 4.98 Å². The van der Waals surface area contributed by atoms with Crippen molar-refractivity contribution >= 4 is 151 Å². The Balaban J connectivity index is 0.000000132.